The molecule has 0 spiro atoms. The summed E-state index contributed by atoms with van der Waals surface area (Å²) >= 11 is 0. The molecule has 87 valence electrons. The maximum atomic E-state index is 11.6. The standard InChI is InChI=1S/C14H15NO2/c1-15(2)10-14(16)17-13-9-5-7-11-6-3-4-8-12(11)13/h3-9H,10H2,1-2H3/q+1. The molecule has 2 rings (SSSR count). The summed E-state index contributed by atoms with van der Waals surface area (Å²) < 4.78 is 5.36. The second-order valence-electron chi connectivity index (χ2n) is 4.19. The van der Waals surface area contributed by atoms with Gasteiger partial charge in [0.05, 0.1) is 0 Å². The third-order valence-electron chi connectivity index (χ3n) is 2.42. The lowest BCUT2D eigenvalue weighted by Crippen LogP contribution is -2.29. The molecule has 0 fully saturated rings. The predicted molar refractivity (Wildman–Crippen MR) is 68.4 cm³/mol. The highest BCUT2D eigenvalue weighted by Gasteiger charge is 2.13. The van der Waals surface area contributed by atoms with Crippen LogP contribution in [0.1, 0.15) is 0 Å². The Balaban J connectivity index is 2.27. The van der Waals surface area contributed by atoms with E-state index in [9.17, 15) is 4.79 Å². The Hall–Kier alpha value is -1.87. The monoisotopic (exact) mass is 229 g/mol. The van der Waals surface area contributed by atoms with Crippen LogP contribution in [0.2, 0.25) is 0 Å². The summed E-state index contributed by atoms with van der Waals surface area (Å²) in [5.74, 6) is 0.376. The van der Waals surface area contributed by atoms with Gasteiger partial charge in [0.25, 0.3) is 0 Å². The summed E-state index contributed by atoms with van der Waals surface area (Å²) in [5.41, 5.74) is 0. The van der Waals surface area contributed by atoms with Gasteiger partial charge in [-0.15, -0.1) is 0 Å². The van der Waals surface area contributed by atoms with Crippen molar-refractivity contribution in [2.75, 3.05) is 20.6 Å². The molecule has 3 nitrogen and oxygen atoms in total. The maximum absolute atomic E-state index is 11.6. The topological polar surface area (TPSA) is 32.2 Å². The van der Waals surface area contributed by atoms with E-state index in [-0.39, 0.29) is 12.5 Å². The Labute approximate surface area is 101 Å². The van der Waals surface area contributed by atoms with E-state index in [1.54, 1.807) is 4.90 Å². The number of fused-ring (bicyclic) bond motifs is 1. The van der Waals surface area contributed by atoms with Crippen molar-refractivity contribution < 1.29 is 9.53 Å². The number of carbonyl (C=O) groups is 1. The van der Waals surface area contributed by atoms with Crippen molar-refractivity contribution in [3.05, 3.63) is 42.5 Å². The molecule has 0 aliphatic carbocycles. The van der Waals surface area contributed by atoms with Gasteiger partial charge in [-0.05, 0) is 11.5 Å². The number of esters is 1. The fourth-order valence-corrected chi connectivity index (χ4v) is 1.70. The first-order valence-corrected chi connectivity index (χ1v) is 5.50. The molecule has 0 bridgehead atoms. The quantitative estimate of drug-likeness (QED) is 0.459. The summed E-state index contributed by atoms with van der Waals surface area (Å²) in [7, 11) is 3.68. The zero-order valence-electron chi connectivity index (χ0n) is 10.0. The lowest BCUT2D eigenvalue weighted by molar-refractivity contribution is -0.133. The van der Waals surface area contributed by atoms with Gasteiger partial charge in [-0.25, -0.2) is 4.79 Å². The Kier molecular flexibility index (Phi) is 3.40. The van der Waals surface area contributed by atoms with Crippen molar-refractivity contribution in [2.24, 2.45) is 0 Å². The zero-order valence-corrected chi connectivity index (χ0v) is 10.0. The number of nitrogens with zero attached hydrogens (tertiary/aromatic N) is 1. The Bertz CT molecular complexity index is 529. The SMILES string of the molecule is C[N+](C)CC(=O)Oc1cccc2ccccc12. The van der Waals surface area contributed by atoms with Crippen LogP contribution in [0.4, 0.5) is 0 Å². The molecule has 2 aromatic rings. The summed E-state index contributed by atoms with van der Waals surface area (Å²) in [6.07, 6.45) is 0. The number of hydrogen-bond acceptors (Lipinski definition) is 3. The van der Waals surface area contributed by atoms with E-state index in [1.165, 1.54) is 0 Å². The minimum Gasteiger partial charge on any atom is -0.422 e. The minimum absolute atomic E-state index is 0.244. The lowest BCUT2D eigenvalue weighted by atomic mass is 10.1. The normalized spacial score (nSPS) is 10.8. The molecule has 0 N–H and O–H groups in total. The van der Waals surface area contributed by atoms with Crippen molar-refractivity contribution in [1.29, 1.82) is 0 Å². The molecule has 0 aliphatic heterocycles. The van der Waals surface area contributed by atoms with Crippen LogP contribution in [0.25, 0.3) is 10.8 Å². The second kappa shape index (κ2) is 4.97. The first kappa shape index (κ1) is 11.6. The van der Waals surface area contributed by atoms with Crippen LogP contribution >= 0.6 is 0 Å². The van der Waals surface area contributed by atoms with Crippen LogP contribution < -0.4 is 9.64 Å². The number of hydrogen-bond donors (Lipinski definition) is 0. The van der Waals surface area contributed by atoms with E-state index >= 15 is 0 Å². The molecular weight excluding hydrogens is 214 g/mol. The number of ether oxygens (including phenoxy) is 1. The molecule has 0 aromatic heterocycles. The highest BCUT2D eigenvalue weighted by atomic mass is 16.5. The molecule has 0 heterocycles. The molecule has 0 saturated heterocycles. The average molecular weight is 229 g/mol. The largest absolute Gasteiger partial charge is 0.422 e. The third-order valence-corrected chi connectivity index (χ3v) is 2.42. The Morgan fingerprint density at radius 3 is 2.59 bits per heavy atom. The first-order valence-electron chi connectivity index (χ1n) is 5.50. The maximum Gasteiger partial charge on any atom is 0.372 e. The highest BCUT2D eigenvalue weighted by molar-refractivity contribution is 5.90. The summed E-state index contributed by atoms with van der Waals surface area (Å²) in [6, 6.07) is 13.6. The van der Waals surface area contributed by atoms with Gasteiger partial charge in [0.2, 0.25) is 6.54 Å². The van der Waals surface area contributed by atoms with Crippen molar-refractivity contribution in [1.82, 2.24) is 4.90 Å². The van der Waals surface area contributed by atoms with E-state index < -0.39 is 0 Å². The average Bonchev–Trinajstić information content (AvgIpc) is 2.28. The summed E-state index contributed by atoms with van der Waals surface area (Å²) in [4.78, 5) is 13.4. The van der Waals surface area contributed by atoms with E-state index in [1.807, 2.05) is 56.6 Å². The molecular formula is C14H15NO2+. The van der Waals surface area contributed by atoms with Gasteiger partial charge in [0.1, 0.15) is 19.8 Å². The number of carbonyl (C=O) groups excluding carboxylic acids is 1. The van der Waals surface area contributed by atoms with Crippen LogP contribution in [0.3, 0.4) is 0 Å². The van der Waals surface area contributed by atoms with Crippen molar-refractivity contribution in [3.63, 3.8) is 0 Å². The van der Waals surface area contributed by atoms with Gasteiger partial charge in [-0.1, -0.05) is 36.4 Å². The number of rotatable bonds is 3. The Morgan fingerprint density at radius 2 is 1.82 bits per heavy atom. The van der Waals surface area contributed by atoms with Crippen LogP contribution in [-0.4, -0.2) is 26.6 Å². The lowest BCUT2D eigenvalue weighted by Gasteiger charge is -2.07. The van der Waals surface area contributed by atoms with Gasteiger partial charge < -0.3 is 4.74 Å². The molecule has 0 amide bonds. The van der Waals surface area contributed by atoms with Crippen LogP contribution in [0.15, 0.2) is 42.5 Å². The van der Waals surface area contributed by atoms with Crippen LogP contribution in [-0.2, 0) is 4.79 Å². The molecule has 0 aliphatic rings. The third kappa shape index (κ3) is 2.82. The summed E-state index contributed by atoms with van der Waals surface area (Å²) in [6.45, 7) is 0.281. The summed E-state index contributed by atoms with van der Waals surface area (Å²) in [5, 5.41) is 2.03. The minimum atomic E-state index is -0.244. The molecule has 0 unspecified atom stereocenters. The van der Waals surface area contributed by atoms with Gasteiger partial charge in [0, 0.05) is 5.39 Å². The Morgan fingerprint density at radius 1 is 1.12 bits per heavy atom. The molecule has 17 heavy (non-hydrogen) atoms. The predicted octanol–water partition coefficient (Wildman–Crippen LogP) is 2.14. The van der Waals surface area contributed by atoms with Gasteiger partial charge >= 0.3 is 5.97 Å². The van der Waals surface area contributed by atoms with Gasteiger partial charge in [0.15, 0.2) is 0 Å². The van der Waals surface area contributed by atoms with Crippen molar-refractivity contribution in [3.8, 4) is 5.75 Å². The number of likely N-dealkylation sites (N-methyl/N-ethyl adjacent to an activating group) is 1. The zero-order chi connectivity index (χ0) is 12.3. The molecule has 0 saturated carbocycles. The van der Waals surface area contributed by atoms with Gasteiger partial charge in [-0.2, -0.15) is 4.90 Å². The van der Waals surface area contributed by atoms with E-state index in [4.69, 9.17) is 4.74 Å². The van der Waals surface area contributed by atoms with Crippen molar-refractivity contribution in [2.45, 2.75) is 0 Å². The molecule has 0 atom stereocenters. The van der Waals surface area contributed by atoms with E-state index in [0.717, 1.165) is 10.8 Å². The van der Waals surface area contributed by atoms with E-state index in [0.29, 0.717) is 5.75 Å². The smallest absolute Gasteiger partial charge is 0.372 e. The highest BCUT2D eigenvalue weighted by Crippen LogP contribution is 2.25. The molecule has 2 aromatic carbocycles. The van der Waals surface area contributed by atoms with Crippen molar-refractivity contribution >= 4 is 16.7 Å². The number of benzene rings is 2. The fraction of sp³-hybridized carbons (Fsp3) is 0.214. The van der Waals surface area contributed by atoms with E-state index in [2.05, 4.69) is 0 Å². The van der Waals surface area contributed by atoms with Gasteiger partial charge in [-0.3, -0.25) is 0 Å². The first-order chi connectivity index (χ1) is 8.16. The molecule has 3 heteroatoms. The second-order valence-corrected chi connectivity index (χ2v) is 4.19. The van der Waals surface area contributed by atoms with Crippen LogP contribution in [0, 0.1) is 0 Å². The molecule has 1 radical (unpaired) electrons. The van der Waals surface area contributed by atoms with Crippen LogP contribution in [0.5, 0.6) is 5.75 Å². The fourth-order valence-electron chi connectivity index (χ4n) is 1.70.